The van der Waals surface area contributed by atoms with Crippen LogP contribution < -0.4 is 0 Å². The van der Waals surface area contributed by atoms with Crippen LogP contribution in [0, 0.1) is 15.9 Å². The Morgan fingerprint density at radius 2 is 1.84 bits per heavy atom. The molecule has 1 atom stereocenters. The fourth-order valence-electron chi connectivity index (χ4n) is 3.76. The number of furan rings is 1. The predicted molar refractivity (Wildman–Crippen MR) is 114 cm³/mol. The summed E-state index contributed by atoms with van der Waals surface area (Å²) >= 11 is 0. The lowest BCUT2D eigenvalue weighted by molar-refractivity contribution is -0.385. The van der Waals surface area contributed by atoms with E-state index < -0.39 is 26.7 Å². The molecule has 0 N–H and O–H groups in total. The highest BCUT2D eigenvalue weighted by molar-refractivity contribution is 7.91. The Hall–Kier alpha value is -3.53. The first-order valence-electron chi connectivity index (χ1n) is 9.83. The van der Waals surface area contributed by atoms with Crippen LogP contribution in [0.5, 0.6) is 0 Å². The van der Waals surface area contributed by atoms with Gasteiger partial charge in [-0.25, -0.2) is 12.8 Å². The molecule has 32 heavy (non-hydrogen) atoms. The van der Waals surface area contributed by atoms with Crippen molar-refractivity contribution in [1.29, 1.82) is 0 Å². The predicted octanol–water partition coefficient (Wildman–Crippen LogP) is 3.82. The van der Waals surface area contributed by atoms with Crippen molar-refractivity contribution in [3.8, 4) is 11.3 Å². The molecule has 1 aliphatic heterocycles. The van der Waals surface area contributed by atoms with E-state index in [2.05, 4.69) is 0 Å². The second kappa shape index (κ2) is 8.54. The van der Waals surface area contributed by atoms with E-state index in [4.69, 9.17) is 4.42 Å². The van der Waals surface area contributed by atoms with Crippen LogP contribution in [-0.4, -0.2) is 41.7 Å². The largest absolute Gasteiger partial charge is 0.459 e. The van der Waals surface area contributed by atoms with Gasteiger partial charge in [0.1, 0.15) is 22.9 Å². The maximum atomic E-state index is 13.3. The van der Waals surface area contributed by atoms with Crippen molar-refractivity contribution in [1.82, 2.24) is 4.90 Å². The van der Waals surface area contributed by atoms with E-state index in [1.807, 2.05) is 0 Å². The van der Waals surface area contributed by atoms with Gasteiger partial charge in [-0.1, -0.05) is 12.1 Å². The molecule has 2 aromatic carbocycles. The zero-order chi connectivity index (χ0) is 22.9. The van der Waals surface area contributed by atoms with E-state index in [1.54, 1.807) is 24.3 Å². The van der Waals surface area contributed by atoms with Crippen LogP contribution in [0.3, 0.4) is 0 Å². The molecule has 10 heteroatoms. The summed E-state index contributed by atoms with van der Waals surface area (Å²) in [6, 6.07) is 13.9. The van der Waals surface area contributed by atoms with E-state index in [0.29, 0.717) is 17.1 Å². The van der Waals surface area contributed by atoms with Crippen LogP contribution in [-0.2, 0) is 16.4 Å². The number of hydrogen-bond acceptors (Lipinski definition) is 6. The van der Waals surface area contributed by atoms with E-state index in [0.717, 1.165) is 0 Å². The first-order chi connectivity index (χ1) is 15.2. The molecular weight excluding hydrogens is 439 g/mol. The normalized spacial score (nSPS) is 17.2. The lowest BCUT2D eigenvalue weighted by atomic mass is 10.1. The van der Waals surface area contributed by atoms with Gasteiger partial charge in [-0.2, -0.15) is 0 Å². The molecule has 0 aliphatic carbocycles. The number of nitro groups is 1. The number of sulfone groups is 1. The summed E-state index contributed by atoms with van der Waals surface area (Å²) in [6.07, 6.45) is 0.236. The average molecular weight is 458 g/mol. The topological polar surface area (TPSA) is 111 Å². The maximum absolute atomic E-state index is 13.3. The minimum Gasteiger partial charge on any atom is -0.459 e. The van der Waals surface area contributed by atoms with E-state index in [1.165, 1.54) is 41.3 Å². The molecule has 166 valence electrons. The fourth-order valence-corrected chi connectivity index (χ4v) is 5.49. The molecule has 1 aromatic heterocycles. The second-order valence-electron chi connectivity index (χ2n) is 7.54. The molecule has 2 heterocycles. The highest BCUT2D eigenvalue weighted by atomic mass is 32.2. The number of halogens is 1. The molecule has 0 unspecified atom stereocenters. The SMILES string of the molecule is O=C(c1ccccc1[N+](=O)[O-])N(Cc1ccc(-c2ccc(F)cc2)o1)[C@@H]1CCS(=O)(=O)C1. The molecule has 0 radical (unpaired) electrons. The van der Waals surface area contributed by atoms with Gasteiger partial charge in [0.05, 0.1) is 23.0 Å². The summed E-state index contributed by atoms with van der Waals surface area (Å²) in [7, 11) is -3.31. The van der Waals surface area contributed by atoms with Gasteiger partial charge in [-0.15, -0.1) is 0 Å². The Kier molecular flexibility index (Phi) is 5.79. The van der Waals surface area contributed by atoms with Crippen LogP contribution in [0.15, 0.2) is 65.1 Å². The van der Waals surface area contributed by atoms with Crippen molar-refractivity contribution in [2.45, 2.75) is 19.0 Å². The van der Waals surface area contributed by atoms with Gasteiger partial charge in [-0.05, 0) is 48.9 Å². The van der Waals surface area contributed by atoms with Gasteiger partial charge in [0.25, 0.3) is 11.6 Å². The highest BCUT2D eigenvalue weighted by Crippen LogP contribution is 2.28. The number of rotatable bonds is 6. The minimum absolute atomic E-state index is 0.0582. The van der Waals surface area contributed by atoms with Crippen LogP contribution in [0.25, 0.3) is 11.3 Å². The van der Waals surface area contributed by atoms with E-state index in [-0.39, 0.29) is 41.5 Å². The number of amides is 1. The third-order valence-electron chi connectivity index (χ3n) is 5.36. The molecule has 0 spiro atoms. The van der Waals surface area contributed by atoms with Crippen LogP contribution >= 0.6 is 0 Å². The molecule has 8 nitrogen and oxygen atoms in total. The first-order valence-corrected chi connectivity index (χ1v) is 11.6. The summed E-state index contributed by atoms with van der Waals surface area (Å²) < 4.78 is 43.1. The van der Waals surface area contributed by atoms with Crippen molar-refractivity contribution in [2.24, 2.45) is 0 Å². The standard InChI is InChI=1S/C22H19FN2O6S/c23-16-7-5-15(6-8-16)21-10-9-18(31-21)13-24(17-11-12-32(29,30)14-17)22(26)19-3-1-2-4-20(19)25(27)28/h1-10,17H,11-14H2/t17-/m1/s1. The van der Waals surface area contributed by atoms with Crippen molar-refractivity contribution < 1.29 is 26.9 Å². The molecule has 1 fully saturated rings. The Morgan fingerprint density at radius 1 is 1.12 bits per heavy atom. The van der Waals surface area contributed by atoms with Gasteiger partial charge in [-0.3, -0.25) is 14.9 Å². The van der Waals surface area contributed by atoms with Crippen LogP contribution in [0.2, 0.25) is 0 Å². The zero-order valence-electron chi connectivity index (χ0n) is 16.8. The molecule has 1 amide bonds. The number of hydrogen-bond donors (Lipinski definition) is 0. The summed E-state index contributed by atoms with van der Waals surface area (Å²) in [5.41, 5.74) is 0.166. The van der Waals surface area contributed by atoms with Crippen LogP contribution in [0.4, 0.5) is 10.1 Å². The smallest absolute Gasteiger partial charge is 0.282 e. The third-order valence-corrected chi connectivity index (χ3v) is 7.11. The Morgan fingerprint density at radius 3 is 2.50 bits per heavy atom. The summed E-state index contributed by atoms with van der Waals surface area (Å²) in [4.78, 5) is 25.4. The van der Waals surface area contributed by atoms with E-state index in [9.17, 15) is 27.7 Å². The van der Waals surface area contributed by atoms with Gasteiger partial charge in [0.2, 0.25) is 0 Å². The minimum atomic E-state index is -3.31. The Bertz CT molecular complexity index is 1270. The van der Waals surface area contributed by atoms with E-state index >= 15 is 0 Å². The summed E-state index contributed by atoms with van der Waals surface area (Å²) in [6.45, 7) is -0.0632. The fraction of sp³-hybridized carbons (Fsp3) is 0.227. The molecule has 3 aromatic rings. The number of nitro benzene ring substituents is 1. The van der Waals surface area contributed by atoms with Crippen LogP contribution in [0.1, 0.15) is 22.5 Å². The number of nitrogens with zero attached hydrogens (tertiary/aromatic N) is 2. The lowest BCUT2D eigenvalue weighted by Crippen LogP contribution is -2.40. The van der Waals surface area contributed by atoms with Crippen molar-refractivity contribution in [3.05, 3.63) is 87.9 Å². The lowest BCUT2D eigenvalue weighted by Gasteiger charge is -2.27. The number of para-hydroxylation sites is 1. The number of carbonyl (C=O) groups is 1. The Labute approximate surface area is 183 Å². The van der Waals surface area contributed by atoms with Crippen molar-refractivity contribution in [2.75, 3.05) is 11.5 Å². The molecule has 0 saturated carbocycles. The molecule has 0 bridgehead atoms. The molecule has 1 aliphatic rings. The number of carbonyl (C=O) groups excluding carboxylic acids is 1. The van der Waals surface area contributed by atoms with Crippen molar-refractivity contribution in [3.63, 3.8) is 0 Å². The van der Waals surface area contributed by atoms with Gasteiger partial charge in [0, 0.05) is 17.7 Å². The average Bonchev–Trinajstić information content (AvgIpc) is 3.38. The van der Waals surface area contributed by atoms with Crippen molar-refractivity contribution >= 4 is 21.4 Å². The molecular formula is C22H19FN2O6S. The third kappa shape index (κ3) is 4.54. The Balaban J connectivity index is 1.66. The van der Waals surface area contributed by atoms with Gasteiger partial charge in [0.15, 0.2) is 9.84 Å². The van der Waals surface area contributed by atoms with Gasteiger partial charge < -0.3 is 9.32 Å². The first kappa shape index (κ1) is 21.7. The zero-order valence-corrected chi connectivity index (χ0v) is 17.6. The highest BCUT2D eigenvalue weighted by Gasteiger charge is 2.37. The molecule has 4 rings (SSSR count). The quantitative estimate of drug-likeness (QED) is 0.410. The van der Waals surface area contributed by atoms with Gasteiger partial charge >= 0.3 is 0 Å². The monoisotopic (exact) mass is 458 g/mol. The maximum Gasteiger partial charge on any atom is 0.282 e. The number of benzene rings is 2. The summed E-state index contributed by atoms with van der Waals surface area (Å²) in [5, 5.41) is 11.4. The summed E-state index contributed by atoms with van der Waals surface area (Å²) in [5.74, 6) is -0.469. The molecule has 1 saturated heterocycles. The second-order valence-corrected chi connectivity index (χ2v) is 9.77.